The molecule has 0 saturated carbocycles. The molecule has 23 heavy (non-hydrogen) atoms. The van der Waals surface area contributed by atoms with E-state index in [9.17, 15) is 14.4 Å². The van der Waals surface area contributed by atoms with Gasteiger partial charge in [-0.3, -0.25) is 9.59 Å². The molecule has 0 unspecified atom stereocenters. The maximum atomic E-state index is 12.2. The van der Waals surface area contributed by atoms with Gasteiger partial charge >= 0.3 is 5.97 Å². The molecule has 4 N–H and O–H groups in total. The van der Waals surface area contributed by atoms with Crippen LogP contribution in [0.25, 0.3) is 10.9 Å². The normalized spacial score (nSPS) is 13.3. The average Bonchev–Trinajstić information content (AvgIpc) is 2.89. The van der Waals surface area contributed by atoms with Gasteiger partial charge in [0, 0.05) is 30.4 Å². The van der Waals surface area contributed by atoms with E-state index in [-0.39, 0.29) is 12.3 Å². The molecule has 2 atom stereocenters. The largest absolute Gasteiger partial charge is 0.451 e. The number of carbonyl (C=O) groups excluding carboxylic acids is 3. The van der Waals surface area contributed by atoms with Crippen LogP contribution in [0, 0.1) is 0 Å². The monoisotopic (exact) mass is 317 g/mol. The van der Waals surface area contributed by atoms with Crippen LogP contribution >= 0.6 is 0 Å². The van der Waals surface area contributed by atoms with Gasteiger partial charge in [0.15, 0.2) is 6.10 Å². The minimum absolute atomic E-state index is 0.244. The fourth-order valence-electron chi connectivity index (χ4n) is 2.27. The summed E-state index contributed by atoms with van der Waals surface area (Å²) in [6.45, 7) is 2.70. The Labute approximate surface area is 133 Å². The molecule has 0 aliphatic carbocycles. The van der Waals surface area contributed by atoms with E-state index in [1.54, 1.807) is 6.20 Å². The predicted octanol–water partition coefficient (Wildman–Crippen LogP) is 0.632. The maximum absolute atomic E-state index is 12.2. The lowest BCUT2D eigenvalue weighted by molar-refractivity contribution is -0.156. The molecule has 2 rings (SSSR count). The average molecular weight is 317 g/mol. The Hall–Kier alpha value is -2.83. The van der Waals surface area contributed by atoms with Crippen LogP contribution in [0.5, 0.6) is 0 Å². The Morgan fingerprint density at radius 3 is 2.65 bits per heavy atom. The van der Waals surface area contributed by atoms with E-state index in [1.807, 2.05) is 24.3 Å². The number of ether oxygens (including phenoxy) is 1. The Morgan fingerprint density at radius 2 is 2.00 bits per heavy atom. The number of aromatic nitrogens is 1. The quantitative estimate of drug-likeness (QED) is 0.678. The number of nitrogens with two attached hydrogens (primary N) is 1. The number of rotatable bonds is 6. The highest BCUT2D eigenvalue weighted by Gasteiger charge is 2.26. The first-order valence-electron chi connectivity index (χ1n) is 7.20. The van der Waals surface area contributed by atoms with Crippen LogP contribution in [0.1, 0.15) is 19.4 Å². The Morgan fingerprint density at radius 1 is 1.30 bits per heavy atom. The van der Waals surface area contributed by atoms with Gasteiger partial charge in [-0.15, -0.1) is 0 Å². The Kier molecular flexibility index (Phi) is 5.00. The molecular formula is C16H19N3O4. The maximum Gasteiger partial charge on any atom is 0.329 e. The second kappa shape index (κ2) is 6.95. The first-order valence-corrected chi connectivity index (χ1v) is 7.20. The van der Waals surface area contributed by atoms with Crippen LogP contribution < -0.4 is 11.1 Å². The smallest absolute Gasteiger partial charge is 0.329 e. The van der Waals surface area contributed by atoms with Crippen molar-refractivity contribution in [1.82, 2.24) is 10.3 Å². The zero-order valence-electron chi connectivity index (χ0n) is 13.0. The Bertz CT molecular complexity index is 738. The molecule has 0 aliphatic rings. The summed E-state index contributed by atoms with van der Waals surface area (Å²) in [5.74, 6) is -1.80. The number of H-pyrrole nitrogens is 1. The van der Waals surface area contributed by atoms with Crippen molar-refractivity contribution in [2.24, 2.45) is 5.73 Å². The van der Waals surface area contributed by atoms with Crippen molar-refractivity contribution in [3.8, 4) is 0 Å². The van der Waals surface area contributed by atoms with E-state index in [2.05, 4.69) is 10.3 Å². The molecule has 0 aliphatic heterocycles. The lowest BCUT2D eigenvalue weighted by atomic mass is 10.0. The van der Waals surface area contributed by atoms with Crippen LogP contribution in [-0.4, -0.2) is 34.9 Å². The second-order valence-corrected chi connectivity index (χ2v) is 5.30. The summed E-state index contributed by atoms with van der Waals surface area (Å²) >= 11 is 0. The van der Waals surface area contributed by atoms with Crippen LogP contribution in [0.4, 0.5) is 0 Å². The van der Waals surface area contributed by atoms with Gasteiger partial charge in [-0.1, -0.05) is 18.2 Å². The number of esters is 1. The van der Waals surface area contributed by atoms with E-state index in [0.29, 0.717) is 0 Å². The highest BCUT2D eigenvalue weighted by molar-refractivity contribution is 5.88. The minimum atomic E-state index is -1.05. The number of fused-ring (bicyclic) bond motifs is 1. The van der Waals surface area contributed by atoms with E-state index < -0.39 is 24.0 Å². The van der Waals surface area contributed by atoms with Crippen molar-refractivity contribution >= 4 is 28.7 Å². The molecule has 0 radical (unpaired) electrons. The molecule has 1 aromatic heterocycles. The third kappa shape index (κ3) is 4.09. The molecule has 122 valence electrons. The summed E-state index contributed by atoms with van der Waals surface area (Å²) in [6, 6.07) is 6.73. The molecule has 0 spiro atoms. The first-order chi connectivity index (χ1) is 10.9. The van der Waals surface area contributed by atoms with Crippen molar-refractivity contribution < 1.29 is 19.1 Å². The van der Waals surface area contributed by atoms with Gasteiger partial charge < -0.3 is 20.8 Å². The van der Waals surface area contributed by atoms with Crippen LogP contribution in [0.3, 0.4) is 0 Å². The number of hydrogen-bond acceptors (Lipinski definition) is 4. The number of hydrogen-bond donors (Lipinski definition) is 3. The number of benzene rings is 1. The zero-order valence-corrected chi connectivity index (χ0v) is 13.0. The molecular weight excluding hydrogens is 298 g/mol. The molecule has 1 heterocycles. The Balaban J connectivity index is 2.19. The van der Waals surface area contributed by atoms with Crippen LogP contribution in [0.15, 0.2) is 30.5 Å². The lowest BCUT2D eigenvalue weighted by Gasteiger charge is -2.18. The number of para-hydroxylation sites is 1. The highest BCUT2D eigenvalue weighted by atomic mass is 16.5. The van der Waals surface area contributed by atoms with Crippen LogP contribution in [0.2, 0.25) is 0 Å². The number of aromatic amines is 1. The van der Waals surface area contributed by atoms with Gasteiger partial charge in [-0.2, -0.15) is 0 Å². The van der Waals surface area contributed by atoms with Gasteiger partial charge in [0.25, 0.3) is 5.91 Å². The number of primary amides is 1. The summed E-state index contributed by atoms with van der Waals surface area (Å²) in [7, 11) is 0. The predicted molar refractivity (Wildman–Crippen MR) is 84.4 cm³/mol. The van der Waals surface area contributed by atoms with E-state index >= 15 is 0 Å². The SMILES string of the molecule is CC(=O)N[C@@H](Cc1c[nH]c2ccccc12)C(=O)O[C@@H](C)C(N)=O. The molecule has 7 nitrogen and oxygen atoms in total. The van der Waals surface area contributed by atoms with Crippen molar-refractivity contribution in [1.29, 1.82) is 0 Å². The molecule has 1 aromatic carbocycles. The molecule has 7 heteroatoms. The van der Waals surface area contributed by atoms with Crippen molar-refractivity contribution in [2.75, 3.05) is 0 Å². The molecule has 0 bridgehead atoms. The molecule has 0 fully saturated rings. The fraction of sp³-hybridized carbons (Fsp3) is 0.312. The molecule has 2 amide bonds. The molecule has 2 aromatic rings. The van der Waals surface area contributed by atoms with Crippen LogP contribution in [-0.2, 0) is 25.5 Å². The third-order valence-electron chi connectivity index (χ3n) is 3.45. The summed E-state index contributed by atoms with van der Waals surface area (Å²) in [5.41, 5.74) is 6.88. The van der Waals surface area contributed by atoms with Gasteiger partial charge in [0.2, 0.25) is 5.91 Å². The topological polar surface area (TPSA) is 114 Å². The summed E-state index contributed by atoms with van der Waals surface area (Å²) in [4.78, 5) is 37.7. The van der Waals surface area contributed by atoms with Crippen molar-refractivity contribution in [3.05, 3.63) is 36.0 Å². The number of carbonyl (C=O) groups is 3. The lowest BCUT2D eigenvalue weighted by Crippen LogP contribution is -2.44. The van der Waals surface area contributed by atoms with Gasteiger partial charge in [-0.25, -0.2) is 4.79 Å². The summed E-state index contributed by atoms with van der Waals surface area (Å²) in [6.07, 6.45) is 0.972. The van der Waals surface area contributed by atoms with E-state index in [1.165, 1.54) is 13.8 Å². The number of amides is 2. The van der Waals surface area contributed by atoms with Crippen molar-refractivity contribution in [2.45, 2.75) is 32.4 Å². The zero-order chi connectivity index (χ0) is 17.0. The third-order valence-corrected chi connectivity index (χ3v) is 3.45. The summed E-state index contributed by atoms with van der Waals surface area (Å²) in [5, 5.41) is 3.50. The minimum Gasteiger partial charge on any atom is -0.451 e. The number of nitrogens with one attached hydrogen (secondary N) is 2. The van der Waals surface area contributed by atoms with E-state index in [4.69, 9.17) is 10.5 Å². The standard InChI is InChI=1S/C16H19N3O4/c1-9(15(17)21)23-16(22)14(19-10(2)20)7-11-8-18-13-6-4-3-5-12(11)13/h3-6,8-9,14,18H,7H2,1-2H3,(H2,17,21)(H,19,20)/t9-,14-/m0/s1. The second-order valence-electron chi connectivity index (χ2n) is 5.30. The van der Waals surface area contributed by atoms with Gasteiger partial charge in [0.1, 0.15) is 6.04 Å². The first kappa shape index (κ1) is 16.5. The molecule has 0 saturated heterocycles. The van der Waals surface area contributed by atoms with Crippen molar-refractivity contribution in [3.63, 3.8) is 0 Å². The highest BCUT2D eigenvalue weighted by Crippen LogP contribution is 2.19. The fourth-order valence-corrected chi connectivity index (χ4v) is 2.27. The summed E-state index contributed by atoms with van der Waals surface area (Å²) < 4.78 is 5.00. The van der Waals surface area contributed by atoms with Gasteiger partial charge in [0.05, 0.1) is 0 Å². The van der Waals surface area contributed by atoms with Gasteiger partial charge in [-0.05, 0) is 18.6 Å². The van der Waals surface area contributed by atoms with E-state index in [0.717, 1.165) is 16.5 Å².